The molecule has 2 aliphatic heterocycles. The van der Waals surface area contributed by atoms with Gasteiger partial charge in [0, 0.05) is 12.6 Å². The van der Waals surface area contributed by atoms with E-state index < -0.39 is 0 Å². The van der Waals surface area contributed by atoms with Crippen molar-refractivity contribution < 1.29 is 18.7 Å². The number of rotatable bonds is 5. The second kappa shape index (κ2) is 13.0. The number of fused-ring (bicyclic) bond motifs is 1. The quantitative estimate of drug-likeness (QED) is 0.632. The summed E-state index contributed by atoms with van der Waals surface area (Å²) in [6.45, 7) is 4.97. The van der Waals surface area contributed by atoms with Crippen LogP contribution in [0.5, 0.6) is 5.75 Å². The fraction of sp³-hybridized carbons (Fsp3) is 0.533. The summed E-state index contributed by atoms with van der Waals surface area (Å²) in [5, 5.41) is 6.24. The molecule has 1 atom stereocenters. The maximum absolute atomic E-state index is 13.3. The van der Waals surface area contributed by atoms with Gasteiger partial charge in [-0.05, 0) is 94.3 Å². The average molecular weight is 510 g/mol. The van der Waals surface area contributed by atoms with E-state index in [1.807, 2.05) is 19.1 Å². The Morgan fingerprint density at radius 3 is 2.62 bits per heavy atom. The molecule has 37 heavy (non-hydrogen) atoms. The van der Waals surface area contributed by atoms with Crippen LogP contribution in [0.15, 0.2) is 48.5 Å². The van der Waals surface area contributed by atoms with Crippen molar-refractivity contribution in [3.05, 3.63) is 65.5 Å². The second-order valence-corrected chi connectivity index (χ2v) is 10.6. The number of piperidine rings is 1. The van der Waals surface area contributed by atoms with Gasteiger partial charge in [0.25, 0.3) is 0 Å². The van der Waals surface area contributed by atoms with E-state index in [-0.39, 0.29) is 29.1 Å². The summed E-state index contributed by atoms with van der Waals surface area (Å²) in [7, 11) is 0. The zero-order valence-electron chi connectivity index (χ0n) is 21.9. The van der Waals surface area contributed by atoms with E-state index in [0.717, 1.165) is 69.3 Å². The van der Waals surface area contributed by atoms with Crippen molar-refractivity contribution in [1.82, 2.24) is 15.5 Å². The molecule has 7 heteroatoms. The van der Waals surface area contributed by atoms with Gasteiger partial charge in [-0.2, -0.15) is 0 Å². The van der Waals surface area contributed by atoms with Crippen molar-refractivity contribution >= 4 is 11.8 Å². The SMILES string of the molecule is CC(Cc1ccc(F)cc1)NC(=O)CN1CCC2(CCCCc3ccccc3OCCCNC2=O)CC1. The molecule has 1 fully saturated rings. The third kappa shape index (κ3) is 7.78. The number of halogens is 1. The maximum atomic E-state index is 13.3. The molecular weight excluding hydrogens is 469 g/mol. The van der Waals surface area contributed by atoms with Crippen LogP contribution in [0, 0.1) is 11.2 Å². The van der Waals surface area contributed by atoms with Crippen LogP contribution in [0.4, 0.5) is 4.39 Å². The van der Waals surface area contributed by atoms with Crippen molar-refractivity contribution in [1.29, 1.82) is 0 Å². The van der Waals surface area contributed by atoms with Crippen LogP contribution in [0.2, 0.25) is 0 Å². The summed E-state index contributed by atoms with van der Waals surface area (Å²) in [5.41, 5.74) is 1.87. The monoisotopic (exact) mass is 509 g/mol. The topological polar surface area (TPSA) is 70.7 Å². The van der Waals surface area contributed by atoms with Crippen molar-refractivity contribution in [2.45, 2.75) is 64.3 Å². The van der Waals surface area contributed by atoms with Crippen LogP contribution >= 0.6 is 0 Å². The first-order chi connectivity index (χ1) is 17.9. The number of benzene rings is 2. The number of para-hydroxylation sites is 1. The lowest BCUT2D eigenvalue weighted by Crippen LogP contribution is -2.51. The lowest BCUT2D eigenvalue weighted by Gasteiger charge is -2.40. The minimum absolute atomic E-state index is 0.0105. The molecule has 2 amide bonds. The van der Waals surface area contributed by atoms with Gasteiger partial charge >= 0.3 is 0 Å². The van der Waals surface area contributed by atoms with Crippen LogP contribution in [-0.4, -0.2) is 55.5 Å². The van der Waals surface area contributed by atoms with Crippen LogP contribution in [0.1, 0.15) is 56.6 Å². The molecular formula is C30H40FN3O3. The summed E-state index contributed by atoms with van der Waals surface area (Å²) >= 11 is 0. The first kappa shape index (κ1) is 27.1. The van der Waals surface area contributed by atoms with Crippen molar-refractivity contribution in [2.24, 2.45) is 5.41 Å². The van der Waals surface area contributed by atoms with E-state index in [4.69, 9.17) is 4.74 Å². The average Bonchev–Trinajstić information content (AvgIpc) is 2.90. The molecule has 6 nitrogen and oxygen atoms in total. The molecule has 1 spiro atoms. The molecule has 200 valence electrons. The normalized spacial score (nSPS) is 19.8. The minimum atomic E-state index is -0.364. The Bertz CT molecular complexity index is 1030. The van der Waals surface area contributed by atoms with E-state index in [1.54, 1.807) is 12.1 Å². The Kier molecular flexibility index (Phi) is 9.56. The highest BCUT2D eigenvalue weighted by Gasteiger charge is 2.40. The van der Waals surface area contributed by atoms with Gasteiger partial charge in [0.05, 0.1) is 18.6 Å². The molecule has 1 saturated heterocycles. The zero-order valence-corrected chi connectivity index (χ0v) is 21.9. The molecule has 2 aromatic carbocycles. The number of aryl methyl sites for hydroxylation is 1. The number of nitrogens with zero attached hydrogens (tertiary/aromatic N) is 1. The number of carbonyl (C=O) groups excluding carboxylic acids is 2. The van der Waals surface area contributed by atoms with Gasteiger partial charge in [-0.15, -0.1) is 0 Å². The predicted octanol–water partition coefficient (Wildman–Crippen LogP) is 4.27. The Morgan fingerprint density at radius 1 is 1.08 bits per heavy atom. The van der Waals surface area contributed by atoms with E-state index in [0.29, 0.717) is 26.1 Å². The van der Waals surface area contributed by atoms with Gasteiger partial charge in [-0.1, -0.05) is 36.8 Å². The number of amides is 2. The molecule has 0 saturated carbocycles. The van der Waals surface area contributed by atoms with Gasteiger partial charge < -0.3 is 15.4 Å². The van der Waals surface area contributed by atoms with Gasteiger partial charge in [-0.3, -0.25) is 14.5 Å². The molecule has 0 radical (unpaired) electrons. The molecule has 0 aromatic heterocycles. The number of hydrogen-bond donors (Lipinski definition) is 2. The molecule has 2 N–H and O–H groups in total. The predicted molar refractivity (Wildman–Crippen MR) is 143 cm³/mol. The third-order valence-corrected chi connectivity index (χ3v) is 7.71. The van der Waals surface area contributed by atoms with Crippen LogP contribution in [0.3, 0.4) is 0 Å². The summed E-state index contributed by atoms with van der Waals surface area (Å²) in [4.78, 5) is 28.1. The van der Waals surface area contributed by atoms with E-state index in [2.05, 4.69) is 27.7 Å². The fourth-order valence-corrected chi connectivity index (χ4v) is 5.55. The Labute approximate surface area is 220 Å². The van der Waals surface area contributed by atoms with E-state index in [9.17, 15) is 14.0 Å². The first-order valence-electron chi connectivity index (χ1n) is 13.7. The number of likely N-dealkylation sites (tertiary alicyclic amines) is 1. The minimum Gasteiger partial charge on any atom is -0.493 e. The number of ether oxygens (including phenoxy) is 1. The van der Waals surface area contributed by atoms with Gasteiger partial charge in [0.15, 0.2) is 0 Å². The van der Waals surface area contributed by atoms with Crippen molar-refractivity contribution in [2.75, 3.05) is 32.8 Å². The Balaban J connectivity index is 1.27. The standard InChI is InChI=1S/C30H40FN3O3/c1-23(21-24-10-12-26(31)13-11-24)33-28(35)22-34-18-15-30(16-19-34)14-5-4-8-25-7-2-3-9-27(25)37-20-6-17-32-29(30)36/h2-3,7,9-13,23H,4-6,8,14-22H2,1H3,(H,32,36)(H,33,35). The summed E-state index contributed by atoms with van der Waals surface area (Å²) in [6.07, 6.45) is 6.81. The lowest BCUT2D eigenvalue weighted by atomic mass is 9.73. The van der Waals surface area contributed by atoms with E-state index >= 15 is 0 Å². The van der Waals surface area contributed by atoms with Crippen molar-refractivity contribution in [3.8, 4) is 5.75 Å². The molecule has 0 bridgehead atoms. The lowest BCUT2D eigenvalue weighted by molar-refractivity contribution is -0.135. The summed E-state index contributed by atoms with van der Waals surface area (Å²) in [6, 6.07) is 14.6. The Hall–Kier alpha value is -2.93. The number of hydrogen-bond acceptors (Lipinski definition) is 4. The molecule has 1 unspecified atom stereocenters. The van der Waals surface area contributed by atoms with Crippen LogP contribution in [-0.2, 0) is 22.4 Å². The van der Waals surface area contributed by atoms with Crippen LogP contribution < -0.4 is 15.4 Å². The van der Waals surface area contributed by atoms with Crippen molar-refractivity contribution in [3.63, 3.8) is 0 Å². The highest BCUT2D eigenvalue weighted by Crippen LogP contribution is 2.37. The van der Waals surface area contributed by atoms with Gasteiger partial charge in [0.2, 0.25) is 11.8 Å². The maximum Gasteiger partial charge on any atom is 0.234 e. The van der Waals surface area contributed by atoms with Crippen LogP contribution in [0.25, 0.3) is 0 Å². The fourth-order valence-electron chi connectivity index (χ4n) is 5.55. The second-order valence-electron chi connectivity index (χ2n) is 10.6. The molecule has 0 aliphatic carbocycles. The Morgan fingerprint density at radius 2 is 1.84 bits per heavy atom. The smallest absolute Gasteiger partial charge is 0.234 e. The first-order valence-corrected chi connectivity index (χ1v) is 13.7. The highest BCUT2D eigenvalue weighted by atomic mass is 19.1. The number of nitrogens with one attached hydrogen (secondary N) is 2. The van der Waals surface area contributed by atoms with Gasteiger partial charge in [0.1, 0.15) is 11.6 Å². The molecule has 4 rings (SSSR count). The molecule has 2 aliphatic rings. The summed E-state index contributed by atoms with van der Waals surface area (Å²) < 4.78 is 19.1. The number of carbonyl (C=O) groups is 2. The van der Waals surface area contributed by atoms with Gasteiger partial charge in [-0.25, -0.2) is 4.39 Å². The summed E-state index contributed by atoms with van der Waals surface area (Å²) in [5.74, 6) is 0.847. The molecule has 2 aromatic rings. The third-order valence-electron chi connectivity index (χ3n) is 7.71. The highest BCUT2D eigenvalue weighted by molar-refractivity contribution is 5.83. The largest absolute Gasteiger partial charge is 0.493 e. The molecule has 2 heterocycles. The van der Waals surface area contributed by atoms with E-state index in [1.165, 1.54) is 17.7 Å². The zero-order chi connectivity index (χ0) is 26.1.